The molecule has 2 aromatic rings. The molecule has 0 aromatic heterocycles. The summed E-state index contributed by atoms with van der Waals surface area (Å²) in [4.78, 5) is 21.7. The van der Waals surface area contributed by atoms with Gasteiger partial charge >= 0.3 is 5.97 Å². The lowest BCUT2D eigenvalue weighted by Gasteiger charge is -2.07. The van der Waals surface area contributed by atoms with Gasteiger partial charge in [0.2, 0.25) is 0 Å². The van der Waals surface area contributed by atoms with Gasteiger partial charge in [-0.15, -0.1) is 0 Å². The largest absolute Gasteiger partial charge is 0.496 e. The van der Waals surface area contributed by atoms with Gasteiger partial charge in [0.15, 0.2) is 6.29 Å². The van der Waals surface area contributed by atoms with E-state index < -0.39 is 5.97 Å². The molecular formula is C15H12O4. The first kappa shape index (κ1) is 12.8. The van der Waals surface area contributed by atoms with E-state index in [0.717, 1.165) is 17.4 Å². The van der Waals surface area contributed by atoms with E-state index in [1.165, 1.54) is 19.2 Å². The summed E-state index contributed by atoms with van der Waals surface area (Å²) in [5.41, 5.74) is 2.37. The number of benzene rings is 2. The van der Waals surface area contributed by atoms with E-state index in [1.54, 1.807) is 24.3 Å². The topological polar surface area (TPSA) is 63.6 Å². The molecule has 0 unspecified atom stereocenters. The molecule has 96 valence electrons. The minimum atomic E-state index is -0.963. The zero-order chi connectivity index (χ0) is 13.8. The van der Waals surface area contributed by atoms with Crippen molar-refractivity contribution in [1.82, 2.24) is 0 Å². The molecular weight excluding hydrogens is 244 g/mol. The van der Waals surface area contributed by atoms with Crippen LogP contribution in [-0.2, 0) is 0 Å². The van der Waals surface area contributed by atoms with Crippen LogP contribution in [0.5, 0.6) is 5.75 Å². The lowest BCUT2D eigenvalue weighted by molar-refractivity contribution is 0.0696. The van der Waals surface area contributed by atoms with Gasteiger partial charge in [-0.25, -0.2) is 4.79 Å². The lowest BCUT2D eigenvalue weighted by Crippen LogP contribution is -1.95. The molecule has 0 fully saturated rings. The van der Waals surface area contributed by atoms with Crippen molar-refractivity contribution in [3.05, 3.63) is 53.6 Å². The molecule has 4 nitrogen and oxygen atoms in total. The molecule has 0 saturated heterocycles. The van der Waals surface area contributed by atoms with Crippen molar-refractivity contribution in [1.29, 1.82) is 0 Å². The van der Waals surface area contributed by atoms with Crippen molar-refractivity contribution >= 4 is 12.3 Å². The highest BCUT2D eigenvalue weighted by Crippen LogP contribution is 2.25. The number of aromatic carboxylic acids is 1. The van der Waals surface area contributed by atoms with Crippen LogP contribution in [0.3, 0.4) is 0 Å². The van der Waals surface area contributed by atoms with E-state index in [4.69, 9.17) is 9.84 Å². The first-order chi connectivity index (χ1) is 9.15. The van der Waals surface area contributed by atoms with Gasteiger partial charge in [0.1, 0.15) is 5.75 Å². The number of methoxy groups -OCH3 is 1. The molecule has 0 aliphatic heterocycles. The molecule has 4 heteroatoms. The predicted octanol–water partition coefficient (Wildman–Crippen LogP) is 2.87. The smallest absolute Gasteiger partial charge is 0.335 e. The second kappa shape index (κ2) is 5.35. The van der Waals surface area contributed by atoms with E-state index in [-0.39, 0.29) is 5.56 Å². The third-order valence-electron chi connectivity index (χ3n) is 2.82. The first-order valence-corrected chi connectivity index (χ1v) is 5.62. The fraction of sp³-hybridized carbons (Fsp3) is 0.0667. The molecule has 19 heavy (non-hydrogen) atoms. The Bertz CT molecular complexity index is 615. The highest BCUT2D eigenvalue weighted by molar-refractivity contribution is 5.88. The highest BCUT2D eigenvalue weighted by atomic mass is 16.5. The Kier molecular flexibility index (Phi) is 3.61. The summed E-state index contributed by atoms with van der Waals surface area (Å²) in [6.45, 7) is 0. The summed E-state index contributed by atoms with van der Waals surface area (Å²) in [6.07, 6.45) is 0.730. The Morgan fingerprint density at radius 1 is 1.11 bits per heavy atom. The zero-order valence-corrected chi connectivity index (χ0v) is 10.3. The Hall–Kier alpha value is -2.62. The van der Waals surface area contributed by atoms with E-state index in [9.17, 15) is 9.59 Å². The standard InChI is InChI=1S/C15H12O4/c1-19-14-7-6-12(8-13(14)9-16)10-2-4-11(5-3-10)15(17)18/h2-9H,1H3,(H,17,18). The Labute approximate surface area is 110 Å². The third-order valence-corrected chi connectivity index (χ3v) is 2.82. The molecule has 0 amide bonds. The number of carboxylic acids is 1. The van der Waals surface area contributed by atoms with E-state index >= 15 is 0 Å². The number of carbonyl (C=O) groups is 2. The fourth-order valence-corrected chi connectivity index (χ4v) is 1.81. The van der Waals surface area contributed by atoms with Crippen LogP contribution in [0.15, 0.2) is 42.5 Å². The predicted molar refractivity (Wildman–Crippen MR) is 70.8 cm³/mol. The van der Waals surface area contributed by atoms with Gasteiger partial charge in [-0.05, 0) is 35.4 Å². The molecule has 0 heterocycles. The van der Waals surface area contributed by atoms with Crippen molar-refractivity contribution < 1.29 is 19.4 Å². The number of ether oxygens (including phenoxy) is 1. The summed E-state index contributed by atoms with van der Waals surface area (Å²) in [6, 6.07) is 11.7. The normalized spacial score (nSPS) is 9.95. The maximum Gasteiger partial charge on any atom is 0.335 e. The van der Waals surface area contributed by atoms with Crippen molar-refractivity contribution in [3.8, 4) is 16.9 Å². The van der Waals surface area contributed by atoms with Crippen LogP contribution in [0.25, 0.3) is 11.1 Å². The van der Waals surface area contributed by atoms with Gasteiger partial charge in [0.25, 0.3) is 0 Å². The van der Waals surface area contributed by atoms with Crippen LogP contribution in [-0.4, -0.2) is 24.5 Å². The Balaban J connectivity index is 2.41. The average molecular weight is 256 g/mol. The fourth-order valence-electron chi connectivity index (χ4n) is 1.81. The minimum absolute atomic E-state index is 0.230. The number of carbonyl (C=O) groups excluding carboxylic acids is 1. The molecule has 0 aliphatic carbocycles. The summed E-state index contributed by atoms with van der Waals surface area (Å²) in [5, 5.41) is 8.83. The lowest BCUT2D eigenvalue weighted by atomic mass is 10.0. The highest BCUT2D eigenvalue weighted by Gasteiger charge is 2.06. The van der Waals surface area contributed by atoms with Gasteiger partial charge < -0.3 is 9.84 Å². The number of aldehydes is 1. The van der Waals surface area contributed by atoms with Crippen molar-refractivity contribution in [2.24, 2.45) is 0 Å². The molecule has 0 saturated carbocycles. The van der Waals surface area contributed by atoms with E-state index in [1.807, 2.05) is 6.07 Å². The molecule has 0 radical (unpaired) electrons. The Morgan fingerprint density at radius 2 is 1.74 bits per heavy atom. The average Bonchev–Trinajstić information content (AvgIpc) is 2.46. The monoisotopic (exact) mass is 256 g/mol. The molecule has 0 bridgehead atoms. The van der Waals surface area contributed by atoms with Crippen LogP contribution >= 0.6 is 0 Å². The van der Waals surface area contributed by atoms with Crippen molar-refractivity contribution in [3.63, 3.8) is 0 Å². The van der Waals surface area contributed by atoms with E-state index in [0.29, 0.717) is 11.3 Å². The second-order valence-electron chi connectivity index (χ2n) is 3.96. The minimum Gasteiger partial charge on any atom is -0.496 e. The van der Waals surface area contributed by atoms with Crippen LogP contribution < -0.4 is 4.74 Å². The maximum atomic E-state index is 11.0. The van der Waals surface area contributed by atoms with Crippen molar-refractivity contribution in [2.75, 3.05) is 7.11 Å². The molecule has 0 atom stereocenters. The maximum absolute atomic E-state index is 11.0. The SMILES string of the molecule is COc1ccc(-c2ccc(C(=O)O)cc2)cc1C=O. The summed E-state index contributed by atoms with van der Waals surface area (Å²) < 4.78 is 5.07. The second-order valence-corrected chi connectivity index (χ2v) is 3.96. The van der Waals surface area contributed by atoms with Crippen LogP contribution in [0, 0.1) is 0 Å². The summed E-state index contributed by atoms with van der Waals surface area (Å²) >= 11 is 0. The number of hydrogen-bond acceptors (Lipinski definition) is 3. The molecule has 2 rings (SSSR count). The number of rotatable bonds is 4. The molecule has 2 aromatic carbocycles. The van der Waals surface area contributed by atoms with Gasteiger partial charge in [-0.2, -0.15) is 0 Å². The quantitative estimate of drug-likeness (QED) is 0.854. The van der Waals surface area contributed by atoms with Gasteiger partial charge in [-0.3, -0.25) is 4.79 Å². The first-order valence-electron chi connectivity index (χ1n) is 5.62. The van der Waals surface area contributed by atoms with Gasteiger partial charge in [0, 0.05) is 0 Å². The third kappa shape index (κ3) is 2.63. The summed E-state index contributed by atoms with van der Waals surface area (Å²) in [5.74, 6) is -0.448. The zero-order valence-electron chi connectivity index (χ0n) is 10.3. The molecule has 0 aliphatic rings. The summed E-state index contributed by atoms with van der Waals surface area (Å²) in [7, 11) is 1.50. The van der Waals surface area contributed by atoms with Crippen LogP contribution in [0.1, 0.15) is 20.7 Å². The van der Waals surface area contributed by atoms with E-state index in [2.05, 4.69) is 0 Å². The molecule has 0 spiro atoms. The van der Waals surface area contributed by atoms with Crippen LogP contribution in [0.4, 0.5) is 0 Å². The van der Waals surface area contributed by atoms with Gasteiger partial charge in [-0.1, -0.05) is 18.2 Å². The van der Waals surface area contributed by atoms with Crippen LogP contribution in [0.2, 0.25) is 0 Å². The van der Waals surface area contributed by atoms with Crippen molar-refractivity contribution in [2.45, 2.75) is 0 Å². The number of hydrogen-bond donors (Lipinski definition) is 1. The molecule has 1 N–H and O–H groups in total. The Morgan fingerprint density at radius 3 is 2.26 bits per heavy atom. The van der Waals surface area contributed by atoms with Gasteiger partial charge in [0.05, 0.1) is 18.2 Å². The number of carboxylic acid groups (broad SMARTS) is 1.